The first kappa shape index (κ1) is 72.6. The molecule has 1 aliphatic rings. The molecule has 6 heterocycles. The predicted molar refractivity (Wildman–Crippen MR) is 498 cm³/mol. The Morgan fingerprint density at radius 2 is 0.578 bits per heavy atom. The van der Waals surface area contributed by atoms with E-state index < -0.39 is 0 Å². The quantitative estimate of drug-likeness (QED) is 0.121. The van der Waals surface area contributed by atoms with Crippen molar-refractivity contribution in [2.24, 2.45) is 0 Å². The number of para-hydroxylation sites is 6. The summed E-state index contributed by atoms with van der Waals surface area (Å²) in [5.41, 5.74) is 27.3. The molecule has 116 heavy (non-hydrogen) atoms. The van der Waals surface area contributed by atoms with Crippen LogP contribution in [0.5, 0.6) is 0 Å². The van der Waals surface area contributed by atoms with Crippen LogP contribution < -0.4 is 5.46 Å². The molecule has 556 valence electrons. The van der Waals surface area contributed by atoms with Gasteiger partial charge in [0.05, 0.1) is 64.7 Å². The minimum absolute atomic E-state index is 0.339. The Hall–Kier alpha value is -12.4. The van der Waals surface area contributed by atoms with E-state index in [1.807, 2.05) is 30.3 Å². The molecule has 21 aromatic rings. The number of fused-ring (bicyclic) bond motifs is 11. The minimum Gasteiger partial charge on any atom is -0.399 e. The van der Waals surface area contributed by atoms with Crippen LogP contribution in [0, 0.1) is 0 Å². The average Bonchev–Trinajstić information content (AvgIpc) is 1.62. The highest BCUT2D eigenvalue weighted by Crippen LogP contribution is 2.46. The van der Waals surface area contributed by atoms with E-state index in [-0.39, 0.29) is 18.3 Å². The normalized spacial score (nSPS) is 13.1. The molecule has 0 spiro atoms. The van der Waals surface area contributed by atoms with Crippen molar-refractivity contribution in [3.63, 3.8) is 0 Å². The molecule has 1 fully saturated rings. The Morgan fingerprint density at radius 1 is 0.267 bits per heavy atom. The third-order valence-electron chi connectivity index (χ3n) is 22.9. The van der Waals surface area contributed by atoms with Crippen LogP contribution in [0.3, 0.4) is 0 Å². The van der Waals surface area contributed by atoms with Crippen LogP contribution in [0.2, 0.25) is 0 Å². The first-order valence-electron chi connectivity index (χ1n) is 39.1. The molecule has 0 amide bonds. The molecule has 1 saturated heterocycles. The van der Waals surface area contributed by atoms with Crippen molar-refractivity contribution in [3.8, 4) is 93.8 Å². The van der Waals surface area contributed by atoms with E-state index in [0.29, 0.717) is 0 Å². The number of nitrogens with zero attached hydrogens (tertiary/aromatic N) is 5. The second-order valence-corrected chi connectivity index (χ2v) is 34.1. The highest BCUT2D eigenvalue weighted by Gasteiger charge is 2.51. The van der Waals surface area contributed by atoms with Gasteiger partial charge < -0.3 is 23.0 Å². The Balaban J connectivity index is 0.000000140. The van der Waals surface area contributed by atoms with Crippen molar-refractivity contribution < 1.29 is 9.31 Å². The zero-order valence-corrected chi connectivity index (χ0v) is 68.8. The van der Waals surface area contributed by atoms with Gasteiger partial charge in [0, 0.05) is 80.6 Å². The largest absolute Gasteiger partial charge is 0.494 e. The molecule has 0 aliphatic carbocycles. The molecule has 0 saturated carbocycles. The van der Waals surface area contributed by atoms with Crippen molar-refractivity contribution in [1.29, 1.82) is 0 Å². The minimum atomic E-state index is -0.342. The fourth-order valence-electron chi connectivity index (χ4n) is 16.3. The number of rotatable bonds is 11. The van der Waals surface area contributed by atoms with E-state index in [2.05, 4.69) is 424 Å². The Kier molecular flexibility index (Phi) is 18.8. The van der Waals surface area contributed by atoms with Gasteiger partial charge in [-0.05, 0) is 213 Å². The van der Waals surface area contributed by atoms with Crippen molar-refractivity contribution in [1.82, 2.24) is 23.7 Å². The maximum Gasteiger partial charge on any atom is 0.494 e. The van der Waals surface area contributed by atoms with Gasteiger partial charge in [-0.2, -0.15) is 0 Å². The molecule has 1 aliphatic heterocycles. The lowest BCUT2D eigenvalue weighted by molar-refractivity contribution is 0.00578. The average molecular weight is 1660 g/mol. The number of hydrogen-bond donors (Lipinski definition) is 0. The van der Waals surface area contributed by atoms with Gasteiger partial charge >= 0.3 is 7.12 Å². The first-order valence-corrected chi connectivity index (χ1v) is 42.3. The summed E-state index contributed by atoms with van der Waals surface area (Å²) in [7, 11) is -0.342. The van der Waals surface area contributed by atoms with Gasteiger partial charge in [-0.15, -0.1) is 22.7 Å². The standard InChI is InChI=1S/C61H39N3S.C30H28BNO2.C13H7Br2NS/c1-4-14-44(15-5-1)61-62-59-49(42-28-24-40(25-29-42)45-32-36-57-53(38-45)51-20-10-12-22-55(51)63(57)47-16-6-2-7-17-47)34-35-50(60(59)65-61)43-30-26-41(27-31-43)46-33-37-58-54(39-46)52-21-11-13-23-56(52)64(58)48-18-8-3-9-19-48;1-29(2)30(3,4)34-31(33-29)23-17-14-21(15-18-23)22-16-19-28-26(20-22)25-12-8-9-13-27(25)32(28)24-10-6-5-7-11-24;14-9-6-7-10(15)12-11(9)16-13(17-12)8-4-2-1-3-5-8/h1-39H;5-20H,1-4H3;1-7H. The highest BCUT2D eigenvalue weighted by molar-refractivity contribution is 9.11. The van der Waals surface area contributed by atoms with Crippen molar-refractivity contribution in [3.05, 3.63) is 385 Å². The van der Waals surface area contributed by atoms with Gasteiger partial charge in [0.15, 0.2) is 0 Å². The third kappa shape index (κ3) is 13.3. The van der Waals surface area contributed by atoms with Crippen LogP contribution in [0.15, 0.2) is 385 Å². The summed E-state index contributed by atoms with van der Waals surface area (Å²) in [4.78, 5) is 10.1. The number of benzene rings is 16. The molecular weight excluding hydrogens is 1590 g/mol. The fourth-order valence-corrected chi connectivity index (χ4v) is 19.6. The van der Waals surface area contributed by atoms with Crippen molar-refractivity contribution >= 4 is 153 Å². The fraction of sp³-hybridized carbons (Fsp3) is 0.0577. The lowest BCUT2D eigenvalue weighted by atomic mass is 9.78. The SMILES string of the molecule is Brc1ccc(Br)c2sc(-c3ccccc3)nc12.CC1(C)OB(c2ccc(-c3ccc4c(c3)c3ccccc3n4-c3ccccc3)cc2)OC1(C)C.c1ccc(-c2nc3c(-c4ccc(-c5ccc6c(c5)c5ccccc5n6-c5ccccc5)cc4)ccc(-c4ccc(-c5ccc6c(c5)c5ccccc5n6-c5ccccc5)cc4)c3s2)cc1. The van der Waals surface area contributed by atoms with E-state index >= 15 is 0 Å². The number of hydrogen-bond acceptors (Lipinski definition) is 6. The van der Waals surface area contributed by atoms with Crippen molar-refractivity contribution in [2.45, 2.75) is 38.9 Å². The first-order chi connectivity index (χ1) is 56.8. The van der Waals surface area contributed by atoms with Gasteiger partial charge in [0.25, 0.3) is 0 Å². The molecule has 16 aromatic carbocycles. The van der Waals surface area contributed by atoms with Crippen LogP contribution in [0.4, 0.5) is 0 Å². The monoisotopic (exact) mass is 1660 g/mol. The third-order valence-corrected chi connectivity index (χ3v) is 26.8. The molecule has 0 atom stereocenters. The lowest BCUT2D eigenvalue weighted by Crippen LogP contribution is -2.41. The van der Waals surface area contributed by atoms with E-state index in [1.54, 1.807) is 22.7 Å². The molecule has 12 heteroatoms. The topological polar surface area (TPSA) is 59.0 Å². The number of halogens is 2. The van der Waals surface area contributed by atoms with E-state index in [0.717, 1.165) is 57.7 Å². The van der Waals surface area contributed by atoms with Crippen LogP contribution in [-0.4, -0.2) is 42.0 Å². The molecule has 5 aromatic heterocycles. The van der Waals surface area contributed by atoms with Crippen LogP contribution in [-0.2, 0) is 9.31 Å². The Morgan fingerprint density at radius 3 is 0.983 bits per heavy atom. The zero-order chi connectivity index (χ0) is 78.2. The van der Waals surface area contributed by atoms with Crippen molar-refractivity contribution in [2.75, 3.05) is 0 Å². The lowest BCUT2D eigenvalue weighted by Gasteiger charge is -2.32. The van der Waals surface area contributed by atoms with Crippen LogP contribution in [0.1, 0.15) is 27.7 Å². The number of aromatic nitrogens is 5. The molecule has 0 radical (unpaired) electrons. The summed E-state index contributed by atoms with van der Waals surface area (Å²) in [5.74, 6) is 0. The van der Waals surface area contributed by atoms with Gasteiger partial charge in [-0.25, -0.2) is 9.97 Å². The summed E-state index contributed by atoms with van der Waals surface area (Å²) < 4.78 is 24.0. The van der Waals surface area contributed by atoms with Crippen LogP contribution in [0.25, 0.3) is 180 Å². The van der Waals surface area contributed by atoms with Gasteiger partial charge in [0.2, 0.25) is 0 Å². The van der Waals surface area contributed by atoms with Gasteiger partial charge in [0.1, 0.15) is 10.0 Å². The zero-order valence-electron chi connectivity index (χ0n) is 64.0. The molecule has 0 N–H and O–H groups in total. The Bertz CT molecular complexity index is 6970. The summed E-state index contributed by atoms with van der Waals surface area (Å²) in [6, 6.07) is 134. The predicted octanol–water partition coefficient (Wildman–Crippen LogP) is 29.1. The molecule has 7 nitrogen and oxygen atoms in total. The van der Waals surface area contributed by atoms with E-state index in [1.165, 1.54) is 136 Å². The molecule has 22 rings (SSSR count). The second kappa shape index (κ2) is 30.1. The summed E-state index contributed by atoms with van der Waals surface area (Å²) >= 11 is 10.6. The number of thiazole rings is 2. The summed E-state index contributed by atoms with van der Waals surface area (Å²) in [5, 5.41) is 9.60. The molecular formula is C104H74BBr2N5O2S2. The Labute approximate surface area is 698 Å². The molecule has 0 unspecified atom stereocenters. The second-order valence-electron chi connectivity index (χ2n) is 30.4. The molecule has 0 bridgehead atoms. The smallest absolute Gasteiger partial charge is 0.399 e. The van der Waals surface area contributed by atoms with E-state index in [4.69, 9.17) is 14.3 Å². The van der Waals surface area contributed by atoms with Gasteiger partial charge in [-0.1, -0.05) is 273 Å². The maximum atomic E-state index is 6.22. The van der Waals surface area contributed by atoms with Crippen LogP contribution >= 0.6 is 54.5 Å². The summed E-state index contributed by atoms with van der Waals surface area (Å²) in [6.07, 6.45) is 0. The highest BCUT2D eigenvalue weighted by atomic mass is 79.9. The van der Waals surface area contributed by atoms with Gasteiger partial charge in [-0.3, -0.25) is 0 Å². The maximum absolute atomic E-state index is 6.22. The summed E-state index contributed by atoms with van der Waals surface area (Å²) in [6.45, 7) is 8.34. The van der Waals surface area contributed by atoms with E-state index in [9.17, 15) is 0 Å².